The fourth-order valence-corrected chi connectivity index (χ4v) is 2.77. The second-order valence-electron chi connectivity index (χ2n) is 5.57. The van der Waals surface area contributed by atoms with E-state index in [0.29, 0.717) is 12.6 Å². The van der Waals surface area contributed by atoms with Gasteiger partial charge in [-0.05, 0) is 30.5 Å². The average Bonchev–Trinajstić information content (AvgIpc) is 3.28. The van der Waals surface area contributed by atoms with Gasteiger partial charge in [-0.2, -0.15) is 0 Å². The van der Waals surface area contributed by atoms with E-state index in [0.717, 1.165) is 40.8 Å². The van der Waals surface area contributed by atoms with Crippen molar-refractivity contribution in [3.05, 3.63) is 53.8 Å². The van der Waals surface area contributed by atoms with E-state index in [9.17, 15) is 4.39 Å². The molecule has 1 saturated carbocycles. The molecule has 3 aromatic rings. The van der Waals surface area contributed by atoms with Crippen molar-refractivity contribution >= 4 is 11.0 Å². The molecule has 0 amide bonds. The third-order valence-electron chi connectivity index (χ3n) is 4.01. The van der Waals surface area contributed by atoms with E-state index < -0.39 is 0 Å². The maximum atomic E-state index is 13.4. The van der Waals surface area contributed by atoms with Gasteiger partial charge in [0.05, 0.1) is 11.0 Å². The first-order valence-corrected chi connectivity index (χ1v) is 7.23. The number of halogens is 1. The Hall–Kier alpha value is -2.20. The molecule has 2 N–H and O–H groups in total. The van der Waals surface area contributed by atoms with Gasteiger partial charge in [-0.25, -0.2) is 9.37 Å². The maximum absolute atomic E-state index is 13.4. The number of aromatic nitrogens is 2. The number of hydrogen-bond donors (Lipinski definition) is 1. The summed E-state index contributed by atoms with van der Waals surface area (Å²) in [6.07, 6.45) is 2.33. The highest BCUT2D eigenvalue weighted by Gasteiger charge is 2.28. The molecule has 1 aliphatic rings. The molecule has 1 aliphatic carbocycles. The monoisotopic (exact) mass is 281 g/mol. The van der Waals surface area contributed by atoms with Crippen molar-refractivity contribution in [3.8, 4) is 11.4 Å². The van der Waals surface area contributed by atoms with Crippen molar-refractivity contribution in [2.75, 3.05) is 0 Å². The summed E-state index contributed by atoms with van der Waals surface area (Å²) in [5.41, 5.74) is 9.52. The van der Waals surface area contributed by atoms with E-state index in [2.05, 4.69) is 9.55 Å². The van der Waals surface area contributed by atoms with E-state index in [1.54, 1.807) is 0 Å². The Morgan fingerprint density at radius 1 is 1.14 bits per heavy atom. The topological polar surface area (TPSA) is 43.8 Å². The van der Waals surface area contributed by atoms with Crippen LogP contribution >= 0.6 is 0 Å². The number of fused-ring (bicyclic) bond motifs is 1. The fourth-order valence-electron chi connectivity index (χ4n) is 2.77. The van der Waals surface area contributed by atoms with E-state index in [1.165, 1.54) is 12.1 Å². The number of nitrogens with zero attached hydrogens (tertiary/aromatic N) is 2. The van der Waals surface area contributed by atoms with Crippen LogP contribution in [0.2, 0.25) is 0 Å². The molecule has 2 aromatic carbocycles. The van der Waals surface area contributed by atoms with Crippen LogP contribution in [0.1, 0.15) is 24.4 Å². The number of hydrogen-bond acceptors (Lipinski definition) is 2. The summed E-state index contributed by atoms with van der Waals surface area (Å²) in [6.45, 7) is 0.532. The van der Waals surface area contributed by atoms with Crippen molar-refractivity contribution in [3.63, 3.8) is 0 Å². The zero-order chi connectivity index (χ0) is 14.4. The molecule has 0 bridgehead atoms. The number of benzene rings is 2. The van der Waals surface area contributed by atoms with Crippen LogP contribution in [0.5, 0.6) is 0 Å². The Kier molecular flexibility index (Phi) is 2.79. The normalized spacial score (nSPS) is 14.8. The fraction of sp³-hybridized carbons (Fsp3) is 0.235. The lowest BCUT2D eigenvalue weighted by atomic mass is 10.1. The van der Waals surface area contributed by atoms with Gasteiger partial charge in [0.2, 0.25) is 0 Å². The largest absolute Gasteiger partial charge is 0.326 e. The lowest BCUT2D eigenvalue weighted by Gasteiger charge is -2.08. The van der Waals surface area contributed by atoms with Gasteiger partial charge in [-0.3, -0.25) is 0 Å². The molecule has 1 aromatic heterocycles. The number of nitrogens with two attached hydrogens (primary N) is 1. The van der Waals surface area contributed by atoms with Crippen LogP contribution in [0.25, 0.3) is 22.4 Å². The van der Waals surface area contributed by atoms with Crippen LogP contribution in [0.3, 0.4) is 0 Å². The molecule has 4 rings (SSSR count). The summed E-state index contributed by atoms with van der Waals surface area (Å²) in [6, 6.07) is 13.4. The first-order valence-electron chi connectivity index (χ1n) is 7.23. The molecule has 3 nitrogen and oxygen atoms in total. The third kappa shape index (κ3) is 2.12. The Balaban J connectivity index is 1.91. The van der Waals surface area contributed by atoms with Crippen LogP contribution in [0.4, 0.5) is 4.39 Å². The van der Waals surface area contributed by atoms with Gasteiger partial charge in [-0.1, -0.05) is 24.3 Å². The third-order valence-corrected chi connectivity index (χ3v) is 4.01. The van der Waals surface area contributed by atoms with Crippen molar-refractivity contribution in [1.29, 1.82) is 0 Å². The lowest BCUT2D eigenvalue weighted by molar-refractivity contribution is 0.629. The lowest BCUT2D eigenvalue weighted by Crippen LogP contribution is -1.99. The number of imidazole rings is 1. The molecule has 21 heavy (non-hydrogen) atoms. The Morgan fingerprint density at radius 3 is 2.57 bits per heavy atom. The van der Waals surface area contributed by atoms with Crippen LogP contribution in [0.15, 0.2) is 42.5 Å². The van der Waals surface area contributed by atoms with Gasteiger partial charge in [0.25, 0.3) is 0 Å². The Bertz CT molecular complexity index is 801. The van der Waals surface area contributed by atoms with Crippen LogP contribution in [0, 0.1) is 5.82 Å². The molecular weight excluding hydrogens is 265 g/mol. The minimum Gasteiger partial charge on any atom is -0.326 e. The molecule has 4 heteroatoms. The molecule has 1 heterocycles. The molecule has 0 atom stereocenters. The van der Waals surface area contributed by atoms with Gasteiger partial charge in [-0.15, -0.1) is 0 Å². The average molecular weight is 281 g/mol. The van der Waals surface area contributed by atoms with E-state index in [-0.39, 0.29) is 5.82 Å². The molecule has 106 valence electrons. The van der Waals surface area contributed by atoms with Gasteiger partial charge in [0.15, 0.2) is 0 Å². The van der Waals surface area contributed by atoms with Crippen LogP contribution in [-0.2, 0) is 6.54 Å². The summed E-state index contributed by atoms with van der Waals surface area (Å²) < 4.78 is 15.7. The molecule has 0 radical (unpaired) electrons. The smallest absolute Gasteiger partial charge is 0.141 e. The standard InChI is InChI=1S/C17H16FN3/c18-13-5-8-16-15(9-13)20-17(21(16)14-6-7-14)12-3-1-11(10-19)2-4-12/h1-5,8-9,14H,6-7,10,19H2. The van der Waals surface area contributed by atoms with Crippen molar-refractivity contribution in [1.82, 2.24) is 9.55 Å². The van der Waals surface area contributed by atoms with Crippen molar-refractivity contribution < 1.29 is 4.39 Å². The van der Waals surface area contributed by atoms with Gasteiger partial charge in [0, 0.05) is 24.2 Å². The van der Waals surface area contributed by atoms with E-state index in [1.807, 2.05) is 30.3 Å². The minimum absolute atomic E-state index is 0.243. The molecule has 0 aliphatic heterocycles. The Morgan fingerprint density at radius 2 is 1.90 bits per heavy atom. The van der Waals surface area contributed by atoms with Gasteiger partial charge < -0.3 is 10.3 Å². The predicted molar refractivity (Wildman–Crippen MR) is 81.3 cm³/mol. The Labute approximate surface area is 122 Å². The molecule has 0 saturated heterocycles. The molecular formula is C17H16FN3. The zero-order valence-electron chi connectivity index (χ0n) is 11.6. The van der Waals surface area contributed by atoms with Gasteiger partial charge in [0.1, 0.15) is 11.6 Å². The highest BCUT2D eigenvalue weighted by atomic mass is 19.1. The molecule has 1 fully saturated rings. The summed E-state index contributed by atoms with van der Waals surface area (Å²) in [4.78, 5) is 4.65. The summed E-state index contributed by atoms with van der Waals surface area (Å²) in [7, 11) is 0. The minimum atomic E-state index is -0.243. The molecule has 0 unspecified atom stereocenters. The van der Waals surface area contributed by atoms with Gasteiger partial charge >= 0.3 is 0 Å². The first-order chi connectivity index (χ1) is 10.3. The van der Waals surface area contributed by atoms with Crippen LogP contribution in [-0.4, -0.2) is 9.55 Å². The summed E-state index contributed by atoms with van der Waals surface area (Å²) in [5.74, 6) is 0.676. The zero-order valence-corrected chi connectivity index (χ0v) is 11.6. The summed E-state index contributed by atoms with van der Waals surface area (Å²) >= 11 is 0. The summed E-state index contributed by atoms with van der Waals surface area (Å²) in [5, 5.41) is 0. The highest BCUT2D eigenvalue weighted by molar-refractivity contribution is 5.81. The predicted octanol–water partition coefficient (Wildman–Crippen LogP) is 3.64. The van der Waals surface area contributed by atoms with E-state index in [4.69, 9.17) is 5.73 Å². The maximum Gasteiger partial charge on any atom is 0.141 e. The second kappa shape index (κ2) is 4.67. The SMILES string of the molecule is NCc1ccc(-c2nc3cc(F)ccc3n2C2CC2)cc1. The highest BCUT2D eigenvalue weighted by Crippen LogP contribution is 2.41. The number of rotatable bonds is 3. The van der Waals surface area contributed by atoms with Crippen molar-refractivity contribution in [2.45, 2.75) is 25.4 Å². The molecule has 0 spiro atoms. The quantitative estimate of drug-likeness (QED) is 0.796. The first kappa shape index (κ1) is 12.5. The van der Waals surface area contributed by atoms with Crippen LogP contribution < -0.4 is 5.73 Å². The van der Waals surface area contributed by atoms with E-state index >= 15 is 0 Å². The second-order valence-corrected chi connectivity index (χ2v) is 5.57. The van der Waals surface area contributed by atoms with Crippen molar-refractivity contribution in [2.24, 2.45) is 5.73 Å².